The Morgan fingerprint density at radius 1 is 0.281 bits per heavy atom. The van der Waals surface area contributed by atoms with E-state index < -0.39 is 0 Å². The summed E-state index contributed by atoms with van der Waals surface area (Å²) in [6.45, 7) is 0. The second-order valence-corrected chi connectivity index (χ2v) is 14.7. The Balaban J connectivity index is 1.06. The van der Waals surface area contributed by atoms with Crippen LogP contribution >= 0.6 is 0 Å². The number of benzene rings is 9. The summed E-state index contributed by atoms with van der Waals surface area (Å²) < 4.78 is 2.42. The van der Waals surface area contributed by atoms with Crippen LogP contribution in [0.2, 0.25) is 0 Å². The monoisotopic (exact) mass is 724 g/mol. The van der Waals surface area contributed by atoms with Gasteiger partial charge in [0.15, 0.2) is 0 Å². The van der Waals surface area contributed by atoms with Crippen molar-refractivity contribution in [1.82, 2.24) is 9.55 Å². The van der Waals surface area contributed by atoms with Gasteiger partial charge >= 0.3 is 0 Å². The number of fused-ring (bicyclic) bond motifs is 5. The number of pyridine rings is 1. The third kappa shape index (κ3) is 5.61. The van der Waals surface area contributed by atoms with Crippen molar-refractivity contribution in [3.63, 3.8) is 0 Å². The van der Waals surface area contributed by atoms with Gasteiger partial charge in [0.25, 0.3) is 0 Å². The minimum Gasteiger partial charge on any atom is -0.309 e. The summed E-state index contributed by atoms with van der Waals surface area (Å²) in [5.41, 5.74) is 15.4. The van der Waals surface area contributed by atoms with E-state index in [1.54, 1.807) is 0 Å². The van der Waals surface area contributed by atoms with Crippen LogP contribution in [0.3, 0.4) is 0 Å². The van der Waals surface area contributed by atoms with Gasteiger partial charge in [-0.2, -0.15) is 0 Å². The van der Waals surface area contributed by atoms with Crippen molar-refractivity contribution in [3.8, 4) is 61.5 Å². The van der Waals surface area contributed by atoms with Crippen molar-refractivity contribution in [1.29, 1.82) is 0 Å². The maximum Gasteiger partial charge on any atom is 0.0701 e. The minimum atomic E-state index is 0.979. The van der Waals surface area contributed by atoms with Gasteiger partial charge in [0.1, 0.15) is 0 Å². The van der Waals surface area contributed by atoms with Gasteiger partial charge in [-0.1, -0.05) is 164 Å². The van der Waals surface area contributed by atoms with Gasteiger partial charge in [-0.05, 0) is 115 Å². The third-order valence-electron chi connectivity index (χ3n) is 11.5. The summed E-state index contributed by atoms with van der Waals surface area (Å²) in [7, 11) is 0. The second kappa shape index (κ2) is 13.6. The highest BCUT2D eigenvalue weighted by molar-refractivity contribution is 6.21. The lowest BCUT2D eigenvalue weighted by atomic mass is 9.86. The lowest BCUT2D eigenvalue weighted by molar-refractivity contribution is 1.18. The highest BCUT2D eigenvalue weighted by atomic mass is 15.0. The van der Waals surface area contributed by atoms with Gasteiger partial charge in [-0.25, -0.2) is 0 Å². The van der Waals surface area contributed by atoms with Crippen LogP contribution in [-0.4, -0.2) is 9.55 Å². The third-order valence-corrected chi connectivity index (χ3v) is 11.5. The van der Waals surface area contributed by atoms with Crippen molar-refractivity contribution >= 4 is 43.4 Å². The largest absolute Gasteiger partial charge is 0.309 e. The molecule has 2 aromatic heterocycles. The van der Waals surface area contributed by atoms with Crippen molar-refractivity contribution < 1.29 is 0 Å². The molecule has 11 rings (SSSR count). The molecule has 0 aliphatic heterocycles. The standard InChI is InChI=1S/C55H36N2/c1-3-13-37(14-4-1)42-28-32-52-49(35-42)50-36-43(38-15-5-2-6-16-38)29-33-53(50)57(52)44-30-26-41(27-31-44)55-47-19-9-7-17-45(47)54(46-18-8-10-20-48(46)55)40-24-22-39(23-25-40)51-21-11-12-34-56-51/h1-36H. The molecule has 2 heterocycles. The van der Waals surface area contributed by atoms with Gasteiger partial charge < -0.3 is 4.57 Å². The molecule has 0 amide bonds. The molecule has 0 unspecified atom stereocenters. The predicted octanol–water partition coefficient (Wildman–Crippen LogP) is 14.8. The fraction of sp³-hybridized carbons (Fsp3) is 0. The maximum atomic E-state index is 4.58. The van der Waals surface area contributed by atoms with Crippen molar-refractivity contribution in [2.45, 2.75) is 0 Å². The summed E-state index contributed by atoms with van der Waals surface area (Å²) in [4.78, 5) is 4.58. The van der Waals surface area contributed by atoms with E-state index in [2.05, 4.69) is 210 Å². The fourth-order valence-electron chi connectivity index (χ4n) is 8.79. The zero-order valence-corrected chi connectivity index (χ0v) is 31.2. The predicted molar refractivity (Wildman–Crippen MR) is 241 cm³/mol. The first-order valence-electron chi connectivity index (χ1n) is 19.5. The topological polar surface area (TPSA) is 17.8 Å². The van der Waals surface area contributed by atoms with Crippen molar-refractivity contribution in [2.24, 2.45) is 0 Å². The first-order chi connectivity index (χ1) is 28.3. The van der Waals surface area contributed by atoms with Crippen LogP contribution < -0.4 is 0 Å². The molecule has 0 spiro atoms. The molecule has 0 fully saturated rings. The molecule has 0 aliphatic rings. The van der Waals surface area contributed by atoms with Gasteiger partial charge in [0.2, 0.25) is 0 Å². The van der Waals surface area contributed by atoms with Crippen LogP contribution in [0, 0.1) is 0 Å². The SMILES string of the molecule is c1ccc(-c2ccc3c(c2)c2cc(-c4ccccc4)ccc2n3-c2ccc(-c3c4ccccc4c(-c4ccc(-c5ccccn5)cc4)c4ccccc34)cc2)cc1. The number of aromatic nitrogens is 2. The molecule has 9 aromatic carbocycles. The van der Waals surface area contributed by atoms with Crippen LogP contribution in [0.25, 0.3) is 105 Å². The van der Waals surface area contributed by atoms with Crippen LogP contribution in [0.15, 0.2) is 219 Å². The Kier molecular flexibility index (Phi) is 7.86. The normalized spacial score (nSPS) is 11.5. The van der Waals surface area contributed by atoms with E-state index in [4.69, 9.17) is 0 Å². The van der Waals surface area contributed by atoms with E-state index in [9.17, 15) is 0 Å². The van der Waals surface area contributed by atoms with Gasteiger partial charge in [-0.15, -0.1) is 0 Å². The van der Waals surface area contributed by atoms with Crippen LogP contribution in [-0.2, 0) is 0 Å². The average Bonchev–Trinajstić information content (AvgIpc) is 3.62. The Bertz CT molecular complexity index is 3080. The van der Waals surface area contributed by atoms with Gasteiger partial charge in [0.05, 0.1) is 16.7 Å². The number of rotatable bonds is 6. The van der Waals surface area contributed by atoms with Crippen LogP contribution in [0.4, 0.5) is 0 Å². The molecule has 0 aliphatic carbocycles. The molecule has 0 radical (unpaired) electrons. The first-order valence-corrected chi connectivity index (χ1v) is 19.5. The molecule has 57 heavy (non-hydrogen) atoms. The molecular formula is C55H36N2. The molecule has 0 bridgehead atoms. The van der Waals surface area contributed by atoms with E-state index in [-0.39, 0.29) is 0 Å². The van der Waals surface area contributed by atoms with Crippen LogP contribution in [0.1, 0.15) is 0 Å². The molecule has 0 atom stereocenters. The summed E-state index contributed by atoms with van der Waals surface area (Å²) in [6.07, 6.45) is 1.85. The number of hydrogen-bond acceptors (Lipinski definition) is 1. The van der Waals surface area contributed by atoms with E-state index in [1.807, 2.05) is 18.3 Å². The number of nitrogens with zero attached hydrogens (tertiary/aromatic N) is 2. The van der Waals surface area contributed by atoms with E-state index in [0.717, 1.165) is 16.9 Å². The smallest absolute Gasteiger partial charge is 0.0701 e. The molecule has 11 aromatic rings. The molecule has 266 valence electrons. The molecular weight excluding hydrogens is 689 g/mol. The summed E-state index contributed by atoms with van der Waals surface area (Å²) >= 11 is 0. The first kappa shape index (κ1) is 32.8. The van der Waals surface area contributed by atoms with E-state index in [1.165, 1.54) is 87.9 Å². The Labute approximate surface area is 331 Å². The second-order valence-electron chi connectivity index (χ2n) is 14.7. The lowest BCUT2D eigenvalue weighted by Gasteiger charge is -2.18. The zero-order chi connectivity index (χ0) is 37.7. The molecule has 0 N–H and O–H groups in total. The number of hydrogen-bond donors (Lipinski definition) is 0. The van der Waals surface area contributed by atoms with Gasteiger partial charge in [-0.3, -0.25) is 4.98 Å². The maximum absolute atomic E-state index is 4.58. The Morgan fingerprint density at radius 2 is 0.684 bits per heavy atom. The van der Waals surface area contributed by atoms with Crippen molar-refractivity contribution in [2.75, 3.05) is 0 Å². The van der Waals surface area contributed by atoms with Gasteiger partial charge in [0, 0.05) is 28.2 Å². The Hall–Kier alpha value is -7.55. The molecule has 0 saturated carbocycles. The lowest BCUT2D eigenvalue weighted by Crippen LogP contribution is -1.95. The van der Waals surface area contributed by atoms with Crippen molar-refractivity contribution in [3.05, 3.63) is 219 Å². The zero-order valence-electron chi connectivity index (χ0n) is 31.2. The fourth-order valence-corrected chi connectivity index (χ4v) is 8.79. The highest BCUT2D eigenvalue weighted by Gasteiger charge is 2.18. The summed E-state index contributed by atoms with van der Waals surface area (Å²) in [5.74, 6) is 0. The van der Waals surface area contributed by atoms with Crippen LogP contribution in [0.5, 0.6) is 0 Å². The average molecular weight is 725 g/mol. The molecule has 2 heteroatoms. The quantitative estimate of drug-likeness (QED) is 0.156. The summed E-state index contributed by atoms with van der Waals surface area (Å²) in [6, 6.07) is 77.0. The molecule has 2 nitrogen and oxygen atoms in total. The summed E-state index contributed by atoms with van der Waals surface area (Å²) in [5, 5.41) is 7.46. The molecule has 0 saturated heterocycles. The Morgan fingerprint density at radius 3 is 1.14 bits per heavy atom. The highest BCUT2D eigenvalue weighted by Crippen LogP contribution is 2.44. The minimum absolute atomic E-state index is 0.979. The van der Waals surface area contributed by atoms with E-state index in [0.29, 0.717) is 0 Å². The van der Waals surface area contributed by atoms with E-state index >= 15 is 0 Å².